The van der Waals surface area contributed by atoms with Crippen molar-refractivity contribution >= 4 is 11.8 Å². The van der Waals surface area contributed by atoms with Gasteiger partial charge in [-0.1, -0.05) is 6.08 Å². The van der Waals surface area contributed by atoms with Crippen LogP contribution in [0, 0.1) is 12.3 Å². The fourth-order valence-corrected chi connectivity index (χ4v) is 0.346. The van der Waals surface area contributed by atoms with Crippen molar-refractivity contribution in [3.05, 3.63) is 24.0 Å². The molecule has 0 bridgehead atoms. The number of aliphatic hydroxyl groups excluding tert-OH is 1. The predicted octanol–water partition coefficient (Wildman–Crippen LogP) is 0.271. The van der Waals surface area contributed by atoms with Crippen LogP contribution >= 0.6 is 0 Å². The number of allylic oxidation sites excluding steroid dienone is 3. The molecule has 0 aromatic carbocycles. The van der Waals surface area contributed by atoms with Gasteiger partial charge in [0, 0.05) is 0 Å². The molecule has 0 aromatic heterocycles. The molecule has 0 fully saturated rings. The van der Waals surface area contributed by atoms with E-state index in [0.29, 0.717) is 0 Å². The number of carbonyl (C=O) groups is 2. The highest BCUT2D eigenvalue weighted by Gasteiger charge is 1.99. The van der Waals surface area contributed by atoms with Crippen LogP contribution in [0.5, 0.6) is 0 Å². The van der Waals surface area contributed by atoms with Gasteiger partial charge >= 0.3 is 5.97 Å². The molecule has 2 N–H and O–H groups in total. The van der Waals surface area contributed by atoms with Gasteiger partial charge < -0.3 is 10.2 Å². The van der Waals surface area contributed by atoms with E-state index in [1.54, 1.807) is 5.92 Å². The van der Waals surface area contributed by atoms with Gasteiger partial charge in [-0.2, -0.15) is 0 Å². The number of aliphatic carboxylic acids is 1. The Balaban J connectivity index is 4.24. The molecule has 0 atom stereocenters. The highest BCUT2D eigenvalue weighted by atomic mass is 16.4. The minimum absolute atomic E-state index is 0.593. The third-order valence-corrected chi connectivity index (χ3v) is 0.863. The molecule has 0 aliphatic rings. The summed E-state index contributed by atoms with van der Waals surface area (Å²) in [6, 6.07) is 0. The normalized spacial score (nSPS) is 11.1. The van der Waals surface area contributed by atoms with Gasteiger partial charge in [0.05, 0.1) is 0 Å². The van der Waals surface area contributed by atoms with E-state index >= 15 is 0 Å². The average Bonchev–Trinajstić information content (AvgIpc) is 2.03. The highest BCUT2D eigenvalue weighted by Crippen LogP contribution is 1.88. The Morgan fingerprint density at radius 2 is 1.92 bits per heavy atom. The number of carboxylic acid groups (broad SMARTS) is 1. The largest absolute Gasteiger partial charge is 0.502 e. The molecule has 4 heteroatoms. The Morgan fingerprint density at radius 1 is 1.33 bits per heavy atom. The number of aliphatic hydroxyl groups is 1. The van der Waals surface area contributed by atoms with Crippen molar-refractivity contribution in [2.75, 3.05) is 0 Å². The first-order valence-electron chi connectivity index (χ1n) is 2.89. The molecule has 0 amide bonds. The maximum Gasteiger partial charge on any atom is 0.370 e. The molecule has 0 spiro atoms. The Bertz CT molecular complexity index is 291. The van der Waals surface area contributed by atoms with Gasteiger partial charge in [0.25, 0.3) is 0 Å². The van der Waals surface area contributed by atoms with Gasteiger partial charge in [0.2, 0.25) is 11.5 Å². The van der Waals surface area contributed by atoms with Gasteiger partial charge in [-0.3, -0.25) is 4.79 Å². The number of hydrogen-bond donors (Lipinski definition) is 2. The summed E-state index contributed by atoms with van der Waals surface area (Å²) in [6.07, 6.45) is 7.59. The lowest BCUT2D eigenvalue weighted by atomic mass is 10.3. The van der Waals surface area contributed by atoms with Crippen LogP contribution in [-0.4, -0.2) is 22.0 Å². The Kier molecular flexibility index (Phi) is 3.94. The minimum atomic E-state index is -1.46. The molecular weight excluding hydrogens is 160 g/mol. The number of hydrogen-bond acceptors (Lipinski definition) is 3. The highest BCUT2D eigenvalue weighted by molar-refractivity contribution is 6.03. The first kappa shape index (κ1) is 9.98. The summed E-state index contributed by atoms with van der Waals surface area (Å²) < 4.78 is 0. The van der Waals surface area contributed by atoms with E-state index in [-0.39, 0.29) is 0 Å². The third kappa shape index (κ3) is 3.90. The third-order valence-electron chi connectivity index (χ3n) is 0.863. The molecule has 0 aliphatic heterocycles. The first-order valence-corrected chi connectivity index (χ1v) is 2.89. The molecule has 0 aromatic rings. The van der Waals surface area contributed by atoms with E-state index in [1.807, 2.05) is 0 Å². The second-order valence-electron chi connectivity index (χ2n) is 1.72. The lowest BCUT2D eigenvalue weighted by Gasteiger charge is -1.85. The Morgan fingerprint density at radius 3 is 2.33 bits per heavy atom. The van der Waals surface area contributed by atoms with E-state index in [1.165, 1.54) is 0 Å². The number of terminal acetylenes is 1. The summed E-state index contributed by atoms with van der Waals surface area (Å²) in [5.74, 6) is -1.13. The zero-order valence-corrected chi connectivity index (χ0v) is 6.02. The number of carbonyl (C=O) groups excluding carboxylic acids is 1. The molecule has 0 heterocycles. The SMILES string of the molecule is C#CC(=O)/C=C/C=C(\O)C(=O)O. The molecule has 0 saturated carbocycles. The number of carboxylic acids is 1. The van der Waals surface area contributed by atoms with Crippen LogP contribution in [0.2, 0.25) is 0 Å². The lowest BCUT2D eigenvalue weighted by Crippen LogP contribution is -1.97. The van der Waals surface area contributed by atoms with Crippen molar-refractivity contribution in [1.82, 2.24) is 0 Å². The maximum atomic E-state index is 10.4. The van der Waals surface area contributed by atoms with E-state index in [4.69, 9.17) is 16.6 Å². The van der Waals surface area contributed by atoms with Crippen molar-refractivity contribution in [2.45, 2.75) is 0 Å². The van der Waals surface area contributed by atoms with Crippen molar-refractivity contribution in [2.24, 2.45) is 0 Å². The molecule has 0 rings (SSSR count). The van der Waals surface area contributed by atoms with Crippen LogP contribution in [0.15, 0.2) is 24.0 Å². The van der Waals surface area contributed by atoms with Gasteiger partial charge in [-0.05, 0) is 18.1 Å². The molecule has 0 radical (unpaired) electrons. The molecule has 12 heavy (non-hydrogen) atoms. The molecule has 0 saturated heterocycles. The molecule has 4 nitrogen and oxygen atoms in total. The standard InChI is InChI=1S/C8H6O4/c1-2-6(9)4-3-5-7(10)8(11)12/h1,3-5,10H,(H,11,12)/b4-3+,7-5-. The zero-order valence-electron chi connectivity index (χ0n) is 6.02. The van der Waals surface area contributed by atoms with Crippen molar-refractivity contribution in [1.29, 1.82) is 0 Å². The fraction of sp³-hybridized carbons (Fsp3) is 0. The van der Waals surface area contributed by atoms with Gasteiger partial charge in [-0.15, -0.1) is 6.42 Å². The molecule has 0 aliphatic carbocycles. The van der Waals surface area contributed by atoms with Crippen LogP contribution in [0.1, 0.15) is 0 Å². The van der Waals surface area contributed by atoms with E-state index in [0.717, 1.165) is 18.2 Å². The Hall–Kier alpha value is -2.02. The zero-order chi connectivity index (χ0) is 9.56. The summed E-state index contributed by atoms with van der Waals surface area (Å²) in [5, 5.41) is 16.7. The summed E-state index contributed by atoms with van der Waals surface area (Å²) in [6.45, 7) is 0. The van der Waals surface area contributed by atoms with Gasteiger partial charge in [0.15, 0.2) is 0 Å². The number of rotatable bonds is 3. The predicted molar refractivity (Wildman–Crippen MR) is 41.3 cm³/mol. The number of ketones is 1. The van der Waals surface area contributed by atoms with Crippen LogP contribution in [0.3, 0.4) is 0 Å². The molecular formula is C8H6O4. The van der Waals surface area contributed by atoms with Crippen molar-refractivity contribution in [3.63, 3.8) is 0 Å². The van der Waals surface area contributed by atoms with Crippen LogP contribution in [0.25, 0.3) is 0 Å². The topological polar surface area (TPSA) is 74.6 Å². The summed E-state index contributed by atoms with van der Waals surface area (Å²) in [4.78, 5) is 20.3. The summed E-state index contributed by atoms with van der Waals surface area (Å²) >= 11 is 0. The maximum absolute atomic E-state index is 10.4. The van der Waals surface area contributed by atoms with E-state index < -0.39 is 17.5 Å². The van der Waals surface area contributed by atoms with Crippen LogP contribution in [-0.2, 0) is 9.59 Å². The van der Waals surface area contributed by atoms with Crippen LogP contribution in [0.4, 0.5) is 0 Å². The second-order valence-corrected chi connectivity index (χ2v) is 1.72. The average molecular weight is 166 g/mol. The van der Waals surface area contributed by atoms with E-state index in [9.17, 15) is 9.59 Å². The van der Waals surface area contributed by atoms with Gasteiger partial charge in [0.1, 0.15) is 0 Å². The molecule has 62 valence electrons. The van der Waals surface area contributed by atoms with Crippen molar-refractivity contribution in [3.8, 4) is 12.3 Å². The molecule has 0 unspecified atom stereocenters. The smallest absolute Gasteiger partial charge is 0.370 e. The van der Waals surface area contributed by atoms with Gasteiger partial charge in [-0.25, -0.2) is 4.79 Å². The second kappa shape index (κ2) is 4.74. The summed E-state index contributed by atoms with van der Waals surface area (Å²) in [7, 11) is 0. The Labute approximate surface area is 68.8 Å². The minimum Gasteiger partial charge on any atom is -0.502 e. The fourth-order valence-electron chi connectivity index (χ4n) is 0.346. The first-order chi connectivity index (χ1) is 5.57. The monoisotopic (exact) mass is 166 g/mol. The summed E-state index contributed by atoms with van der Waals surface area (Å²) in [5.41, 5.74) is 0. The van der Waals surface area contributed by atoms with E-state index in [2.05, 4.69) is 0 Å². The quantitative estimate of drug-likeness (QED) is 0.207. The lowest BCUT2D eigenvalue weighted by molar-refractivity contribution is -0.135. The van der Waals surface area contributed by atoms with Crippen LogP contribution < -0.4 is 0 Å². The van der Waals surface area contributed by atoms with Crippen molar-refractivity contribution < 1.29 is 19.8 Å².